The molecule has 0 bridgehead atoms. The number of anilines is 1. The first kappa shape index (κ1) is 23.5. The zero-order valence-electron chi connectivity index (χ0n) is 13.6. The SMILES string of the molecule is CCCN(CC(=O)O)C(C)C(=O)Nc1ccc(Cl)c(C(F)(F)F)c1.Cl. The van der Waals surface area contributed by atoms with E-state index in [4.69, 9.17) is 16.7 Å². The molecule has 1 rings (SSSR count). The molecule has 1 aromatic carbocycles. The van der Waals surface area contributed by atoms with Gasteiger partial charge < -0.3 is 10.4 Å². The topological polar surface area (TPSA) is 69.6 Å². The number of hydrogen-bond donors (Lipinski definition) is 2. The van der Waals surface area contributed by atoms with E-state index in [0.29, 0.717) is 13.0 Å². The number of alkyl halides is 3. The van der Waals surface area contributed by atoms with E-state index >= 15 is 0 Å². The molecule has 0 radical (unpaired) electrons. The van der Waals surface area contributed by atoms with E-state index in [9.17, 15) is 22.8 Å². The van der Waals surface area contributed by atoms with Crippen molar-refractivity contribution in [3.05, 3.63) is 28.8 Å². The summed E-state index contributed by atoms with van der Waals surface area (Å²) in [7, 11) is 0. The molecule has 142 valence electrons. The van der Waals surface area contributed by atoms with Crippen LogP contribution in [0.1, 0.15) is 25.8 Å². The van der Waals surface area contributed by atoms with Crippen molar-refractivity contribution in [3.63, 3.8) is 0 Å². The number of nitrogens with one attached hydrogen (secondary N) is 1. The van der Waals surface area contributed by atoms with Crippen LogP contribution in [0.4, 0.5) is 18.9 Å². The lowest BCUT2D eigenvalue weighted by molar-refractivity contribution is -0.140. The minimum absolute atomic E-state index is 0. The molecule has 1 atom stereocenters. The van der Waals surface area contributed by atoms with Crippen molar-refractivity contribution in [3.8, 4) is 0 Å². The van der Waals surface area contributed by atoms with E-state index < -0.39 is 34.7 Å². The minimum atomic E-state index is -4.64. The molecule has 0 fully saturated rings. The van der Waals surface area contributed by atoms with Crippen molar-refractivity contribution in [2.24, 2.45) is 0 Å². The van der Waals surface area contributed by atoms with Crippen molar-refractivity contribution in [2.75, 3.05) is 18.4 Å². The van der Waals surface area contributed by atoms with Gasteiger partial charge in [-0.3, -0.25) is 14.5 Å². The van der Waals surface area contributed by atoms with Crippen LogP contribution in [-0.4, -0.2) is 41.0 Å². The molecule has 2 N–H and O–H groups in total. The molecule has 0 saturated heterocycles. The maximum Gasteiger partial charge on any atom is 0.417 e. The fourth-order valence-electron chi connectivity index (χ4n) is 2.10. The van der Waals surface area contributed by atoms with E-state index in [0.717, 1.165) is 12.1 Å². The lowest BCUT2D eigenvalue weighted by Gasteiger charge is -2.26. The molecule has 25 heavy (non-hydrogen) atoms. The molecule has 5 nitrogen and oxygen atoms in total. The fourth-order valence-corrected chi connectivity index (χ4v) is 2.33. The highest BCUT2D eigenvalue weighted by Gasteiger charge is 2.33. The molecule has 1 aromatic rings. The number of hydrogen-bond acceptors (Lipinski definition) is 3. The van der Waals surface area contributed by atoms with Crippen LogP contribution in [0.2, 0.25) is 5.02 Å². The molecule has 0 aliphatic rings. The van der Waals surface area contributed by atoms with Gasteiger partial charge in [-0.25, -0.2) is 0 Å². The van der Waals surface area contributed by atoms with E-state index in [-0.39, 0.29) is 24.6 Å². The van der Waals surface area contributed by atoms with Crippen LogP contribution >= 0.6 is 24.0 Å². The number of rotatable bonds is 7. The normalized spacial score (nSPS) is 12.4. The van der Waals surface area contributed by atoms with Crippen LogP contribution in [0.25, 0.3) is 0 Å². The number of carbonyl (C=O) groups is 2. The van der Waals surface area contributed by atoms with Gasteiger partial charge in [0.25, 0.3) is 0 Å². The Labute approximate surface area is 154 Å². The first-order valence-electron chi connectivity index (χ1n) is 7.19. The second-order valence-corrected chi connectivity index (χ2v) is 5.63. The molecule has 10 heteroatoms. The van der Waals surface area contributed by atoms with Gasteiger partial charge in [-0.2, -0.15) is 13.2 Å². The molecule has 0 heterocycles. The standard InChI is InChI=1S/C15H18ClF3N2O3.ClH/c1-3-6-21(8-13(22)23)9(2)14(24)20-10-4-5-12(16)11(7-10)15(17,18)19;/h4-5,7,9H,3,6,8H2,1-2H3,(H,20,24)(H,22,23);1H. The Balaban J connectivity index is 0.00000576. The predicted octanol–water partition coefficient (Wildman–Crippen LogP) is 3.90. The van der Waals surface area contributed by atoms with Crippen LogP contribution in [0.3, 0.4) is 0 Å². The number of nitrogens with zero attached hydrogens (tertiary/aromatic N) is 1. The zero-order chi connectivity index (χ0) is 18.5. The van der Waals surface area contributed by atoms with Gasteiger partial charge in [0.15, 0.2) is 0 Å². The number of carboxylic acid groups (broad SMARTS) is 1. The van der Waals surface area contributed by atoms with Gasteiger partial charge in [0.2, 0.25) is 5.91 Å². The van der Waals surface area contributed by atoms with Gasteiger partial charge in [0.05, 0.1) is 23.2 Å². The van der Waals surface area contributed by atoms with Gasteiger partial charge >= 0.3 is 12.1 Å². The number of benzene rings is 1. The smallest absolute Gasteiger partial charge is 0.417 e. The molecule has 0 aliphatic heterocycles. The summed E-state index contributed by atoms with van der Waals surface area (Å²) in [6, 6.07) is 2.23. The summed E-state index contributed by atoms with van der Waals surface area (Å²) in [6.45, 7) is 3.36. The third-order valence-electron chi connectivity index (χ3n) is 3.32. The second-order valence-electron chi connectivity index (χ2n) is 5.22. The lowest BCUT2D eigenvalue weighted by atomic mass is 10.1. The average Bonchev–Trinajstić information content (AvgIpc) is 2.46. The summed E-state index contributed by atoms with van der Waals surface area (Å²) >= 11 is 5.52. The maximum absolute atomic E-state index is 12.8. The van der Waals surface area contributed by atoms with Gasteiger partial charge in [0, 0.05) is 5.69 Å². The Morgan fingerprint density at radius 1 is 1.36 bits per heavy atom. The van der Waals surface area contributed by atoms with Gasteiger partial charge in [-0.1, -0.05) is 18.5 Å². The maximum atomic E-state index is 12.8. The molecule has 0 aromatic heterocycles. The Morgan fingerprint density at radius 2 is 1.96 bits per heavy atom. The van der Waals surface area contributed by atoms with Crippen LogP contribution in [0, 0.1) is 0 Å². The Hall–Kier alpha value is -1.51. The second kappa shape index (κ2) is 9.84. The van der Waals surface area contributed by atoms with E-state index in [1.807, 2.05) is 6.92 Å². The third-order valence-corrected chi connectivity index (χ3v) is 3.65. The number of halogens is 5. The Kier molecular flexibility index (Phi) is 9.24. The highest BCUT2D eigenvalue weighted by molar-refractivity contribution is 6.31. The highest BCUT2D eigenvalue weighted by Crippen LogP contribution is 2.36. The monoisotopic (exact) mass is 402 g/mol. The van der Waals surface area contributed by atoms with Gasteiger partial charge in [-0.15, -0.1) is 12.4 Å². The number of carboxylic acids is 1. The summed E-state index contributed by atoms with van der Waals surface area (Å²) in [6.07, 6.45) is -4.01. The fraction of sp³-hybridized carbons (Fsp3) is 0.467. The van der Waals surface area contributed by atoms with Gasteiger partial charge in [-0.05, 0) is 38.1 Å². The molecule has 0 spiro atoms. The quantitative estimate of drug-likeness (QED) is 0.725. The number of aliphatic carboxylic acids is 1. The summed E-state index contributed by atoms with van der Waals surface area (Å²) < 4.78 is 38.5. The van der Waals surface area contributed by atoms with E-state index in [1.54, 1.807) is 0 Å². The van der Waals surface area contributed by atoms with Crippen LogP contribution in [0.15, 0.2) is 18.2 Å². The van der Waals surface area contributed by atoms with Crippen LogP contribution < -0.4 is 5.32 Å². The molecule has 1 amide bonds. The third kappa shape index (κ3) is 7.09. The lowest BCUT2D eigenvalue weighted by Crippen LogP contribution is -2.44. The number of amides is 1. The Morgan fingerprint density at radius 3 is 2.44 bits per heavy atom. The molecular weight excluding hydrogens is 384 g/mol. The van der Waals surface area contributed by atoms with Gasteiger partial charge in [0.1, 0.15) is 0 Å². The van der Waals surface area contributed by atoms with Crippen LogP contribution in [0.5, 0.6) is 0 Å². The summed E-state index contributed by atoms with van der Waals surface area (Å²) in [4.78, 5) is 24.5. The highest BCUT2D eigenvalue weighted by atomic mass is 35.5. The van der Waals surface area contributed by atoms with Crippen molar-refractivity contribution in [1.29, 1.82) is 0 Å². The zero-order valence-corrected chi connectivity index (χ0v) is 15.1. The predicted molar refractivity (Wildman–Crippen MR) is 91.3 cm³/mol. The van der Waals surface area contributed by atoms with Crippen molar-refractivity contribution in [1.82, 2.24) is 4.90 Å². The summed E-state index contributed by atoms with van der Waals surface area (Å²) in [5.74, 6) is -1.69. The average molecular weight is 403 g/mol. The molecule has 0 saturated carbocycles. The largest absolute Gasteiger partial charge is 0.480 e. The number of carbonyl (C=O) groups excluding carboxylic acids is 1. The molecule has 1 unspecified atom stereocenters. The van der Waals surface area contributed by atoms with E-state index in [1.165, 1.54) is 17.9 Å². The first-order valence-corrected chi connectivity index (χ1v) is 7.57. The first-order chi connectivity index (χ1) is 11.1. The summed E-state index contributed by atoms with van der Waals surface area (Å²) in [5, 5.41) is 10.8. The van der Waals surface area contributed by atoms with Crippen molar-refractivity contribution in [2.45, 2.75) is 32.5 Å². The molecular formula is C15H19Cl2F3N2O3. The molecule has 0 aliphatic carbocycles. The Bertz CT molecular complexity index is 612. The van der Waals surface area contributed by atoms with Crippen molar-refractivity contribution >= 4 is 41.6 Å². The minimum Gasteiger partial charge on any atom is -0.480 e. The van der Waals surface area contributed by atoms with E-state index in [2.05, 4.69) is 5.32 Å². The van der Waals surface area contributed by atoms with Crippen molar-refractivity contribution < 1.29 is 27.9 Å². The van der Waals surface area contributed by atoms with Crippen LogP contribution in [-0.2, 0) is 15.8 Å². The summed E-state index contributed by atoms with van der Waals surface area (Å²) in [5.41, 5.74) is -1.11.